The molecule has 0 spiro atoms. The van der Waals surface area contributed by atoms with Crippen LogP contribution in [0.25, 0.3) is 0 Å². The monoisotopic (exact) mass is 263 g/mol. The molecule has 3 N–H and O–H groups in total. The second-order valence-corrected chi connectivity index (χ2v) is 4.46. The van der Waals surface area contributed by atoms with E-state index < -0.39 is 0 Å². The normalized spacial score (nSPS) is 10.1. The second kappa shape index (κ2) is 5.61. The first-order valence-corrected chi connectivity index (χ1v) is 6.21. The summed E-state index contributed by atoms with van der Waals surface area (Å²) in [5, 5.41) is 5.20. The van der Waals surface area contributed by atoms with Crippen molar-refractivity contribution in [1.82, 2.24) is 4.98 Å². The Bertz CT molecular complexity index is 537. The van der Waals surface area contributed by atoms with E-state index in [9.17, 15) is 4.79 Å². The SMILES string of the molecule is COc1ccc(NC(=O)c2csc(CN)n2)cc1. The van der Waals surface area contributed by atoms with Gasteiger partial charge in [-0.05, 0) is 24.3 Å². The molecule has 2 aromatic rings. The van der Waals surface area contributed by atoms with E-state index in [1.165, 1.54) is 11.3 Å². The molecule has 0 bridgehead atoms. The number of hydrogen-bond acceptors (Lipinski definition) is 5. The lowest BCUT2D eigenvalue weighted by molar-refractivity contribution is 0.102. The largest absolute Gasteiger partial charge is 0.497 e. The topological polar surface area (TPSA) is 77.2 Å². The van der Waals surface area contributed by atoms with Crippen LogP contribution in [0.4, 0.5) is 5.69 Å². The number of carbonyl (C=O) groups is 1. The van der Waals surface area contributed by atoms with Crippen LogP contribution in [-0.4, -0.2) is 18.0 Å². The summed E-state index contributed by atoms with van der Waals surface area (Å²) in [5.41, 5.74) is 6.53. The van der Waals surface area contributed by atoms with Crippen LogP contribution in [0.15, 0.2) is 29.6 Å². The average molecular weight is 263 g/mol. The van der Waals surface area contributed by atoms with E-state index in [2.05, 4.69) is 10.3 Å². The number of hydrogen-bond donors (Lipinski definition) is 2. The van der Waals surface area contributed by atoms with Crippen molar-refractivity contribution >= 4 is 22.9 Å². The molecule has 0 saturated carbocycles. The predicted octanol–water partition coefficient (Wildman–Crippen LogP) is 1.86. The first kappa shape index (κ1) is 12.5. The van der Waals surface area contributed by atoms with E-state index in [-0.39, 0.29) is 5.91 Å². The average Bonchev–Trinajstić information content (AvgIpc) is 2.88. The van der Waals surface area contributed by atoms with Gasteiger partial charge >= 0.3 is 0 Å². The van der Waals surface area contributed by atoms with Gasteiger partial charge in [0.05, 0.1) is 7.11 Å². The number of thiazole rings is 1. The molecule has 1 aromatic heterocycles. The van der Waals surface area contributed by atoms with E-state index in [1.807, 2.05) is 0 Å². The van der Waals surface area contributed by atoms with Gasteiger partial charge in [0.1, 0.15) is 16.5 Å². The predicted molar refractivity (Wildman–Crippen MR) is 71.0 cm³/mol. The fourth-order valence-electron chi connectivity index (χ4n) is 1.38. The number of nitrogens with one attached hydrogen (secondary N) is 1. The molecule has 94 valence electrons. The maximum atomic E-state index is 11.9. The van der Waals surface area contributed by atoms with Crippen molar-refractivity contribution in [3.8, 4) is 5.75 Å². The molecule has 0 fully saturated rings. The van der Waals surface area contributed by atoms with E-state index >= 15 is 0 Å². The minimum Gasteiger partial charge on any atom is -0.497 e. The van der Waals surface area contributed by atoms with Gasteiger partial charge in [-0.25, -0.2) is 4.98 Å². The third-order valence-electron chi connectivity index (χ3n) is 2.31. The first-order chi connectivity index (χ1) is 8.72. The summed E-state index contributed by atoms with van der Waals surface area (Å²) in [7, 11) is 1.59. The zero-order valence-corrected chi connectivity index (χ0v) is 10.7. The number of ether oxygens (including phenoxy) is 1. The summed E-state index contributed by atoms with van der Waals surface area (Å²) < 4.78 is 5.04. The van der Waals surface area contributed by atoms with Gasteiger partial charge in [-0.3, -0.25) is 4.79 Å². The number of benzene rings is 1. The number of amides is 1. The smallest absolute Gasteiger partial charge is 0.275 e. The Balaban J connectivity index is 2.06. The fourth-order valence-corrected chi connectivity index (χ4v) is 2.03. The van der Waals surface area contributed by atoms with Crippen LogP contribution in [0.2, 0.25) is 0 Å². The summed E-state index contributed by atoms with van der Waals surface area (Å²) in [6, 6.07) is 7.10. The molecule has 0 aliphatic heterocycles. The fraction of sp³-hybridized carbons (Fsp3) is 0.167. The quantitative estimate of drug-likeness (QED) is 0.882. The summed E-state index contributed by atoms with van der Waals surface area (Å²) in [6.45, 7) is 0.348. The Labute approximate surface area is 109 Å². The highest BCUT2D eigenvalue weighted by atomic mass is 32.1. The van der Waals surface area contributed by atoms with Crippen molar-refractivity contribution in [2.75, 3.05) is 12.4 Å². The maximum absolute atomic E-state index is 11.9. The van der Waals surface area contributed by atoms with Crippen molar-refractivity contribution in [3.63, 3.8) is 0 Å². The van der Waals surface area contributed by atoms with Gasteiger partial charge in [0, 0.05) is 17.6 Å². The van der Waals surface area contributed by atoms with E-state index in [0.717, 1.165) is 10.8 Å². The van der Waals surface area contributed by atoms with Crippen LogP contribution in [0.1, 0.15) is 15.5 Å². The molecule has 18 heavy (non-hydrogen) atoms. The Hall–Kier alpha value is -1.92. The third-order valence-corrected chi connectivity index (χ3v) is 3.18. The van der Waals surface area contributed by atoms with Gasteiger partial charge in [0.15, 0.2) is 0 Å². The van der Waals surface area contributed by atoms with Gasteiger partial charge in [-0.1, -0.05) is 0 Å². The van der Waals surface area contributed by atoms with Crippen molar-refractivity contribution < 1.29 is 9.53 Å². The van der Waals surface area contributed by atoms with Crippen LogP contribution in [0.3, 0.4) is 0 Å². The number of methoxy groups -OCH3 is 1. The summed E-state index contributed by atoms with van der Waals surface area (Å²) in [5.74, 6) is 0.503. The lowest BCUT2D eigenvalue weighted by atomic mass is 10.3. The molecular weight excluding hydrogens is 250 g/mol. The number of nitrogens with zero attached hydrogens (tertiary/aromatic N) is 1. The van der Waals surface area contributed by atoms with Gasteiger partial charge in [-0.2, -0.15) is 0 Å². The van der Waals surface area contributed by atoms with E-state index in [0.29, 0.717) is 17.9 Å². The maximum Gasteiger partial charge on any atom is 0.275 e. The van der Waals surface area contributed by atoms with Crippen molar-refractivity contribution in [1.29, 1.82) is 0 Å². The highest BCUT2D eigenvalue weighted by molar-refractivity contribution is 7.09. The standard InChI is InChI=1S/C12H13N3O2S/c1-17-9-4-2-8(3-5-9)14-12(16)10-7-18-11(6-13)15-10/h2-5,7H,6,13H2,1H3,(H,14,16). The molecule has 0 saturated heterocycles. The molecule has 1 heterocycles. The molecule has 5 nitrogen and oxygen atoms in total. The van der Waals surface area contributed by atoms with Crippen LogP contribution in [0, 0.1) is 0 Å². The zero-order chi connectivity index (χ0) is 13.0. The molecular formula is C12H13N3O2S. The van der Waals surface area contributed by atoms with Crippen LogP contribution in [-0.2, 0) is 6.54 Å². The lowest BCUT2D eigenvalue weighted by Crippen LogP contribution is -2.12. The summed E-state index contributed by atoms with van der Waals surface area (Å²) in [6.07, 6.45) is 0. The molecule has 1 amide bonds. The van der Waals surface area contributed by atoms with Crippen molar-refractivity contribution in [2.45, 2.75) is 6.54 Å². The van der Waals surface area contributed by atoms with Crippen LogP contribution in [0.5, 0.6) is 5.75 Å². The Morgan fingerprint density at radius 1 is 1.44 bits per heavy atom. The lowest BCUT2D eigenvalue weighted by Gasteiger charge is -2.04. The van der Waals surface area contributed by atoms with E-state index in [4.69, 9.17) is 10.5 Å². The molecule has 0 aliphatic carbocycles. The summed E-state index contributed by atoms with van der Waals surface area (Å²) >= 11 is 1.38. The minimum absolute atomic E-state index is 0.240. The Morgan fingerprint density at radius 2 is 2.17 bits per heavy atom. The molecule has 2 rings (SSSR count). The van der Waals surface area contributed by atoms with Crippen LogP contribution >= 0.6 is 11.3 Å². The molecule has 0 radical (unpaired) electrons. The van der Waals surface area contributed by atoms with Crippen molar-refractivity contribution in [2.24, 2.45) is 5.73 Å². The van der Waals surface area contributed by atoms with E-state index in [1.54, 1.807) is 36.8 Å². The minimum atomic E-state index is -0.240. The molecule has 0 unspecified atom stereocenters. The Morgan fingerprint density at radius 3 is 2.72 bits per heavy atom. The number of nitrogens with two attached hydrogens (primary N) is 1. The number of anilines is 1. The van der Waals surface area contributed by atoms with Gasteiger partial charge < -0.3 is 15.8 Å². The third kappa shape index (κ3) is 2.85. The summed E-state index contributed by atoms with van der Waals surface area (Å²) in [4.78, 5) is 16.0. The molecule has 0 aliphatic rings. The van der Waals surface area contributed by atoms with Crippen LogP contribution < -0.4 is 15.8 Å². The van der Waals surface area contributed by atoms with Gasteiger partial charge in [-0.15, -0.1) is 11.3 Å². The van der Waals surface area contributed by atoms with Gasteiger partial charge in [0.25, 0.3) is 5.91 Å². The number of rotatable bonds is 4. The number of aromatic nitrogens is 1. The first-order valence-electron chi connectivity index (χ1n) is 5.33. The highest BCUT2D eigenvalue weighted by Gasteiger charge is 2.10. The Kier molecular flexibility index (Phi) is 3.91. The zero-order valence-electron chi connectivity index (χ0n) is 9.84. The highest BCUT2D eigenvalue weighted by Crippen LogP contribution is 2.16. The number of carbonyl (C=O) groups excluding carboxylic acids is 1. The molecule has 6 heteroatoms. The van der Waals surface area contributed by atoms with Crippen molar-refractivity contribution in [3.05, 3.63) is 40.3 Å². The van der Waals surface area contributed by atoms with Gasteiger partial charge in [0.2, 0.25) is 0 Å². The molecule has 1 aromatic carbocycles. The second-order valence-electron chi connectivity index (χ2n) is 3.51. The molecule has 0 atom stereocenters.